The van der Waals surface area contributed by atoms with Crippen LogP contribution in [0.4, 0.5) is 5.82 Å². The summed E-state index contributed by atoms with van der Waals surface area (Å²) in [6.07, 6.45) is 3.54. The Morgan fingerprint density at radius 3 is 2.78 bits per heavy atom. The second-order valence-corrected chi connectivity index (χ2v) is 12.4. The van der Waals surface area contributed by atoms with E-state index in [4.69, 9.17) is 12.2 Å². The van der Waals surface area contributed by atoms with E-state index >= 15 is 0 Å². The molecule has 0 bridgehead atoms. The fourth-order valence-corrected chi connectivity index (χ4v) is 6.86. The molecule has 2 aliphatic heterocycles. The molecule has 1 amide bonds. The van der Waals surface area contributed by atoms with Crippen molar-refractivity contribution in [1.82, 2.24) is 14.3 Å². The van der Waals surface area contributed by atoms with Gasteiger partial charge < -0.3 is 5.32 Å². The first-order chi connectivity index (χ1) is 15.1. The highest BCUT2D eigenvalue weighted by Crippen LogP contribution is 2.36. The van der Waals surface area contributed by atoms with Crippen LogP contribution in [0.1, 0.15) is 31.4 Å². The molecule has 8 nitrogen and oxygen atoms in total. The largest absolute Gasteiger partial charge is 0.369 e. The van der Waals surface area contributed by atoms with Crippen LogP contribution < -0.4 is 10.9 Å². The van der Waals surface area contributed by atoms with Gasteiger partial charge in [-0.3, -0.25) is 18.9 Å². The lowest BCUT2D eigenvalue weighted by atomic mass is 10.2. The molecule has 4 rings (SSSR count). The zero-order valence-corrected chi connectivity index (χ0v) is 20.4. The Morgan fingerprint density at radius 2 is 2.12 bits per heavy atom. The summed E-state index contributed by atoms with van der Waals surface area (Å²) in [5, 5.41) is 3.23. The molecule has 1 atom stereocenters. The number of carbonyl (C=O) groups is 1. The third kappa shape index (κ3) is 4.33. The number of rotatable bonds is 5. The number of aryl methyl sites for hydroxylation is 1. The Labute approximate surface area is 196 Å². The summed E-state index contributed by atoms with van der Waals surface area (Å²) in [6, 6.07) is 3.20. The van der Waals surface area contributed by atoms with Crippen LogP contribution in [-0.4, -0.2) is 57.0 Å². The second-order valence-electron chi connectivity index (χ2n) is 8.45. The Bertz CT molecular complexity index is 1310. The first kappa shape index (κ1) is 22.9. The van der Waals surface area contributed by atoms with Crippen LogP contribution in [0.15, 0.2) is 28.0 Å². The zero-order valence-electron chi connectivity index (χ0n) is 18.0. The molecule has 2 aliphatic rings. The highest BCUT2D eigenvalue weighted by Gasteiger charge is 2.42. The monoisotopic (exact) mass is 492 g/mol. The summed E-state index contributed by atoms with van der Waals surface area (Å²) in [4.78, 5) is 32.8. The van der Waals surface area contributed by atoms with Crippen LogP contribution in [0.2, 0.25) is 0 Å². The van der Waals surface area contributed by atoms with E-state index in [2.05, 4.69) is 10.3 Å². The maximum Gasteiger partial charge on any atom is 0.267 e. The summed E-state index contributed by atoms with van der Waals surface area (Å²) < 4.78 is 25.6. The quantitative estimate of drug-likeness (QED) is 0.502. The van der Waals surface area contributed by atoms with Gasteiger partial charge in [-0.25, -0.2) is 13.4 Å². The number of nitrogens with one attached hydrogen (secondary N) is 1. The van der Waals surface area contributed by atoms with E-state index in [0.29, 0.717) is 39.6 Å². The van der Waals surface area contributed by atoms with E-state index in [0.717, 1.165) is 17.3 Å². The maximum atomic E-state index is 13.3. The number of anilines is 1. The lowest BCUT2D eigenvalue weighted by molar-refractivity contribution is -0.123. The molecular weight excluding hydrogens is 468 g/mol. The highest BCUT2D eigenvalue weighted by atomic mass is 32.2. The second kappa shape index (κ2) is 8.60. The minimum Gasteiger partial charge on any atom is -0.369 e. The smallest absolute Gasteiger partial charge is 0.267 e. The standard InChI is InChI=1S/C21H24N4O4S3/c1-12(2)10-22-17-15(19(26)24-7-4-5-13(3)18(24)23-17)9-16-20(27)25(21(30)31-16)14-6-8-32(28,29)11-14/h4-5,7,9,12,14,22H,6,8,10-11H2,1-3H3/t14-/m1/s1. The molecule has 32 heavy (non-hydrogen) atoms. The topological polar surface area (TPSA) is 101 Å². The SMILES string of the molecule is Cc1cccn2c(=O)c(C=C3SC(=S)N([C@@H]4CCS(=O)(=O)C4)C3=O)c(NCC(C)C)nc12. The maximum absolute atomic E-state index is 13.3. The van der Waals surface area contributed by atoms with E-state index in [1.165, 1.54) is 15.4 Å². The molecule has 0 unspecified atom stereocenters. The number of amides is 1. The third-order valence-corrected chi connectivity index (χ3v) is 8.52. The minimum atomic E-state index is -3.17. The van der Waals surface area contributed by atoms with Crippen molar-refractivity contribution in [1.29, 1.82) is 0 Å². The van der Waals surface area contributed by atoms with Gasteiger partial charge in [0.15, 0.2) is 9.84 Å². The normalized spacial score (nSPS) is 21.9. The van der Waals surface area contributed by atoms with Crippen molar-refractivity contribution in [3.8, 4) is 0 Å². The lowest BCUT2D eigenvalue weighted by Gasteiger charge is -2.20. The molecule has 1 N–H and O–H groups in total. The van der Waals surface area contributed by atoms with Crippen molar-refractivity contribution >= 4 is 61.6 Å². The van der Waals surface area contributed by atoms with Gasteiger partial charge in [0, 0.05) is 12.7 Å². The van der Waals surface area contributed by atoms with E-state index in [9.17, 15) is 18.0 Å². The lowest BCUT2D eigenvalue weighted by Crippen LogP contribution is -2.39. The summed E-state index contributed by atoms with van der Waals surface area (Å²) in [5.74, 6) is 0.319. The van der Waals surface area contributed by atoms with Crippen LogP contribution in [0.3, 0.4) is 0 Å². The Hall–Kier alpha value is -2.24. The molecule has 0 spiro atoms. The van der Waals surface area contributed by atoms with Gasteiger partial charge in [-0.05, 0) is 37.0 Å². The number of thioether (sulfide) groups is 1. The molecule has 0 radical (unpaired) electrons. The van der Waals surface area contributed by atoms with E-state index in [1.54, 1.807) is 12.3 Å². The predicted octanol–water partition coefficient (Wildman–Crippen LogP) is 2.46. The van der Waals surface area contributed by atoms with Crippen molar-refractivity contribution in [3.05, 3.63) is 44.7 Å². The summed E-state index contributed by atoms with van der Waals surface area (Å²) in [7, 11) is -3.17. The number of aromatic nitrogens is 2. The van der Waals surface area contributed by atoms with Gasteiger partial charge in [0.25, 0.3) is 11.5 Å². The number of fused-ring (bicyclic) bond motifs is 1. The van der Waals surface area contributed by atoms with E-state index in [1.807, 2.05) is 26.8 Å². The average Bonchev–Trinajstić information content (AvgIpc) is 3.20. The van der Waals surface area contributed by atoms with Crippen LogP contribution in [-0.2, 0) is 14.6 Å². The van der Waals surface area contributed by atoms with Gasteiger partial charge in [0.1, 0.15) is 15.8 Å². The number of pyridine rings is 1. The molecule has 2 aromatic heterocycles. The first-order valence-electron chi connectivity index (χ1n) is 10.3. The zero-order chi connectivity index (χ0) is 23.2. The van der Waals surface area contributed by atoms with Gasteiger partial charge in [-0.2, -0.15) is 0 Å². The van der Waals surface area contributed by atoms with Crippen molar-refractivity contribution < 1.29 is 13.2 Å². The van der Waals surface area contributed by atoms with Crippen LogP contribution in [0.25, 0.3) is 11.7 Å². The van der Waals surface area contributed by atoms with Crippen molar-refractivity contribution in [2.45, 2.75) is 33.2 Å². The number of thiocarbonyl (C=S) groups is 1. The summed E-state index contributed by atoms with van der Waals surface area (Å²) in [5.41, 5.74) is 1.38. The Balaban J connectivity index is 1.78. The fraction of sp³-hybridized carbons (Fsp3) is 0.429. The molecule has 2 saturated heterocycles. The number of hydrogen-bond donors (Lipinski definition) is 1. The fourth-order valence-electron chi connectivity index (χ4n) is 3.78. The van der Waals surface area contributed by atoms with Gasteiger partial charge >= 0.3 is 0 Å². The Morgan fingerprint density at radius 1 is 1.38 bits per heavy atom. The third-order valence-electron chi connectivity index (χ3n) is 5.43. The van der Waals surface area contributed by atoms with Crippen molar-refractivity contribution in [2.24, 2.45) is 5.92 Å². The average molecular weight is 493 g/mol. The summed E-state index contributed by atoms with van der Waals surface area (Å²) >= 11 is 6.47. The Kier molecular flexibility index (Phi) is 6.17. The van der Waals surface area contributed by atoms with Crippen LogP contribution >= 0.6 is 24.0 Å². The summed E-state index contributed by atoms with van der Waals surface area (Å²) in [6.45, 7) is 6.59. The molecule has 11 heteroatoms. The number of carbonyl (C=O) groups excluding carboxylic acids is 1. The van der Waals surface area contributed by atoms with E-state index in [-0.39, 0.29) is 28.5 Å². The molecule has 170 valence electrons. The van der Waals surface area contributed by atoms with Crippen molar-refractivity contribution in [3.63, 3.8) is 0 Å². The van der Waals surface area contributed by atoms with Gasteiger partial charge in [-0.15, -0.1) is 0 Å². The number of sulfone groups is 1. The highest BCUT2D eigenvalue weighted by molar-refractivity contribution is 8.26. The van der Waals surface area contributed by atoms with Gasteiger partial charge in [0.05, 0.1) is 28.0 Å². The number of nitrogens with zero attached hydrogens (tertiary/aromatic N) is 3. The van der Waals surface area contributed by atoms with Crippen LogP contribution in [0, 0.1) is 12.8 Å². The number of hydrogen-bond acceptors (Lipinski definition) is 8. The molecular formula is C21H24N4O4S3. The van der Waals surface area contributed by atoms with Gasteiger partial charge in [-0.1, -0.05) is 43.9 Å². The molecule has 2 fully saturated rings. The minimum absolute atomic E-state index is 0.0480. The molecule has 0 aliphatic carbocycles. The van der Waals surface area contributed by atoms with Gasteiger partial charge in [0.2, 0.25) is 0 Å². The van der Waals surface area contributed by atoms with E-state index < -0.39 is 15.9 Å². The van der Waals surface area contributed by atoms with Crippen molar-refractivity contribution in [2.75, 3.05) is 23.4 Å². The molecule has 2 aromatic rings. The molecule has 0 aromatic carbocycles. The molecule has 0 saturated carbocycles. The molecule has 4 heterocycles. The predicted molar refractivity (Wildman–Crippen MR) is 132 cm³/mol. The van der Waals surface area contributed by atoms with Crippen LogP contribution in [0.5, 0.6) is 0 Å². The first-order valence-corrected chi connectivity index (χ1v) is 13.4.